The van der Waals surface area contributed by atoms with Crippen LogP contribution in [0.15, 0.2) is 71.9 Å². The fourth-order valence-corrected chi connectivity index (χ4v) is 5.66. The van der Waals surface area contributed by atoms with Crippen molar-refractivity contribution < 1.29 is 17.9 Å². The number of hydrogen-bond donors (Lipinski definition) is 1. The summed E-state index contributed by atoms with van der Waals surface area (Å²) in [6, 6.07) is 15.9. The van der Waals surface area contributed by atoms with Crippen LogP contribution in [-0.2, 0) is 16.6 Å². The molecule has 8 heteroatoms. The van der Waals surface area contributed by atoms with Gasteiger partial charge in [0.25, 0.3) is 5.91 Å². The molecule has 7 nitrogen and oxygen atoms in total. The van der Waals surface area contributed by atoms with E-state index in [1.165, 1.54) is 10.4 Å². The second kappa shape index (κ2) is 11.0. The third-order valence-electron chi connectivity index (χ3n) is 6.26. The Morgan fingerprint density at radius 2 is 1.83 bits per heavy atom. The van der Waals surface area contributed by atoms with Gasteiger partial charge in [-0.3, -0.25) is 9.78 Å². The van der Waals surface area contributed by atoms with Crippen LogP contribution in [-0.4, -0.2) is 36.7 Å². The minimum atomic E-state index is -3.61. The average Bonchev–Trinajstić information content (AvgIpc) is 2.89. The van der Waals surface area contributed by atoms with Crippen LogP contribution in [0.1, 0.15) is 59.3 Å². The fraction of sp³-hybridized carbons (Fsp3) is 0.333. The summed E-state index contributed by atoms with van der Waals surface area (Å²) in [6.07, 6.45) is 6.26. The quantitative estimate of drug-likeness (QED) is 0.494. The van der Waals surface area contributed by atoms with Gasteiger partial charge in [0, 0.05) is 36.6 Å². The Bertz CT molecular complexity index is 1260. The first-order valence-corrected chi connectivity index (χ1v) is 13.3. The van der Waals surface area contributed by atoms with Crippen LogP contribution in [0, 0.1) is 6.92 Å². The van der Waals surface area contributed by atoms with Gasteiger partial charge >= 0.3 is 0 Å². The summed E-state index contributed by atoms with van der Waals surface area (Å²) < 4.78 is 33.5. The third-order valence-corrected chi connectivity index (χ3v) is 8.16. The van der Waals surface area contributed by atoms with E-state index in [9.17, 15) is 13.2 Å². The second-order valence-electron chi connectivity index (χ2n) is 8.86. The molecule has 1 N–H and O–H groups in total. The summed E-state index contributed by atoms with van der Waals surface area (Å²) in [4.78, 5) is 17.3. The summed E-state index contributed by atoms with van der Waals surface area (Å²) in [5.74, 6) is 0.421. The molecular weight excluding hydrogens is 462 g/mol. The van der Waals surface area contributed by atoms with Crippen molar-refractivity contribution in [3.63, 3.8) is 0 Å². The van der Waals surface area contributed by atoms with Gasteiger partial charge in [0.15, 0.2) is 0 Å². The number of piperidine rings is 1. The van der Waals surface area contributed by atoms with Gasteiger partial charge in [0.1, 0.15) is 12.4 Å². The van der Waals surface area contributed by atoms with E-state index in [1.807, 2.05) is 50.2 Å². The monoisotopic (exact) mass is 493 g/mol. The van der Waals surface area contributed by atoms with Crippen molar-refractivity contribution in [1.82, 2.24) is 14.6 Å². The SMILES string of the molecule is Cc1ccc(S(=O)(=O)N2CCCCC2)cc1C(=O)NC(C)c1ccc(OCc2cccnc2)cc1. The lowest BCUT2D eigenvalue weighted by molar-refractivity contribution is 0.0939. The van der Waals surface area contributed by atoms with E-state index < -0.39 is 10.0 Å². The molecule has 0 radical (unpaired) electrons. The van der Waals surface area contributed by atoms with E-state index in [0.717, 1.165) is 41.7 Å². The van der Waals surface area contributed by atoms with Crippen molar-refractivity contribution in [1.29, 1.82) is 0 Å². The van der Waals surface area contributed by atoms with E-state index in [4.69, 9.17) is 4.74 Å². The number of pyridine rings is 1. The zero-order valence-corrected chi connectivity index (χ0v) is 20.9. The highest BCUT2D eigenvalue weighted by atomic mass is 32.2. The molecule has 35 heavy (non-hydrogen) atoms. The summed E-state index contributed by atoms with van der Waals surface area (Å²) in [5, 5.41) is 2.99. The van der Waals surface area contributed by atoms with E-state index in [0.29, 0.717) is 25.3 Å². The highest BCUT2D eigenvalue weighted by Gasteiger charge is 2.27. The first-order valence-electron chi connectivity index (χ1n) is 11.9. The third kappa shape index (κ3) is 6.07. The minimum Gasteiger partial charge on any atom is -0.489 e. The molecule has 1 aliphatic rings. The molecular formula is C27H31N3O4S. The predicted octanol–water partition coefficient (Wildman–Crippen LogP) is 4.63. The molecule has 4 rings (SSSR count). The van der Waals surface area contributed by atoms with Crippen molar-refractivity contribution >= 4 is 15.9 Å². The largest absolute Gasteiger partial charge is 0.489 e. The van der Waals surface area contributed by atoms with Crippen molar-refractivity contribution in [2.24, 2.45) is 0 Å². The normalized spacial score (nSPS) is 15.4. The van der Waals surface area contributed by atoms with Crippen molar-refractivity contribution in [3.05, 3.63) is 89.2 Å². The van der Waals surface area contributed by atoms with Crippen molar-refractivity contribution in [2.45, 2.75) is 50.7 Å². The molecule has 2 aromatic carbocycles. The van der Waals surface area contributed by atoms with Gasteiger partial charge in [-0.2, -0.15) is 4.31 Å². The first kappa shape index (κ1) is 24.9. The standard InChI is InChI=1S/C27H31N3O4S/c1-20-8-13-25(35(32,33)30-15-4-3-5-16-30)17-26(20)27(31)29-21(2)23-9-11-24(12-10-23)34-19-22-7-6-14-28-18-22/h6-14,17-18,21H,3-5,15-16,19H2,1-2H3,(H,29,31). The molecule has 3 aromatic rings. The number of aromatic nitrogens is 1. The van der Waals surface area contributed by atoms with Gasteiger partial charge in [-0.05, 0) is 68.1 Å². The Labute approximate surface area is 207 Å². The fourth-order valence-electron chi connectivity index (χ4n) is 4.12. The highest BCUT2D eigenvalue weighted by molar-refractivity contribution is 7.89. The van der Waals surface area contributed by atoms with Crippen LogP contribution in [0.25, 0.3) is 0 Å². The summed E-state index contributed by atoms with van der Waals surface area (Å²) in [6.45, 7) is 5.18. The number of rotatable bonds is 8. The van der Waals surface area contributed by atoms with Crippen LogP contribution in [0.3, 0.4) is 0 Å². The zero-order valence-electron chi connectivity index (χ0n) is 20.1. The van der Waals surface area contributed by atoms with E-state index in [2.05, 4.69) is 10.3 Å². The molecule has 1 amide bonds. The summed E-state index contributed by atoms with van der Waals surface area (Å²) in [5.41, 5.74) is 3.00. The first-order chi connectivity index (χ1) is 16.8. The van der Waals surface area contributed by atoms with Crippen LogP contribution >= 0.6 is 0 Å². The number of aryl methyl sites for hydroxylation is 1. The van der Waals surface area contributed by atoms with Gasteiger partial charge in [-0.15, -0.1) is 0 Å². The molecule has 1 atom stereocenters. The number of carbonyl (C=O) groups is 1. The number of ether oxygens (including phenoxy) is 1. The average molecular weight is 494 g/mol. The van der Waals surface area contributed by atoms with Gasteiger partial charge in [-0.25, -0.2) is 8.42 Å². The van der Waals surface area contributed by atoms with Gasteiger partial charge in [0.05, 0.1) is 10.9 Å². The molecule has 0 spiro atoms. The summed E-state index contributed by atoms with van der Waals surface area (Å²) in [7, 11) is -3.61. The van der Waals surface area contributed by atoms with Crippen LogP contribution in [0.2, 0.25) is 0 Å². The van der Waals surface area contributed by atoms with Crippen LogP contribution < -0.4 is 10.1 Å². The topological polar surface area (TPSA) is 88.6 Å². The van der Waals surface area contributed by atoms with Gasteiger partial charge < -0.3 is 10.1 Å². The number of benzene rings is 2. The maximum Gasteiger partial charge on any atom is 0.252 e. The molecule has 1 aliphatic heterocycles. The van der Waals surface area contributed by atoms with Crippen LogP contribution in [0.4, 0.5) is 0 Å². The number of nitrogens with one attached hydrogen (secondary N) is 1. The van der Waals surface area contributed by atoms with Crippen molar-refractivity contribution in [3.8, 4) is 5.75 Å². The number of nitrogens with zero attached hydrogens (tertiary/aromatic N) is 2. The number of carbonyl (C=O) groups excluding carboxylic acids is 1. The maximum absolute atomic E-state index is 13.1. The molecule has 1 unspecified atom stereocenters. The molecule has 184 valence electrons. The predicted molar refractivity (Wildman–Crippen MR) is 135 cm³/mol. The number of amides is 1. The van der Waals surface area contributed by atoms with E-state index >= 15 is 0 Å². The molecule has 0 saturated carbocycles. The lowest BCUT2D eigenvalue weighted by atomic mass is 10.1. The minimum absolute atomic E-state index is 0.165. The molecule has 1 fully saturated rings. The van der Waals surface area contributed by atoms with E-state index in [1.54, 1.807) is 24.5 Å². The Morgan fingerprint density at radius 1 is 1.09 bits per heavy atom. The van der Waals surface area contributed by atoms with Gasteiger partial charge in [0.2, 0.25) is 10.0 Å². The Morgan fingerprint density at radius 3 is 2.51 bits per heavy atom. The van der Waals surface area contributed by atoms with Crippen molar-refractivity contribution in [2.75, 3.05) is 13.1 Å². The Hall–Kier alpha value is -3.23. The highest BCUT2D eigenvalue weighted by Crippen LogP contribution is 2.24. The zero-order chi connectivity index (χ0) is 24.8. The van der Waals surface area contributed by atoms with E-state index in [-0.39, 0.29) is 16.8 Å². The molecule has 1 saturated heterocycles. The lowest BCUT2D eigenvalue weighted by Gasteiger charge is -2.26. The summed E-state index contributed by atoms with van der Waals surface area (Å²) >= 11 is 0. The molecule has 2 heterocycles. The molecule has 0 aliphatic carbocycles. The Kier molecular flexibility index (Phi) is 7.83. The van der Waals surface area contributed by atoms with Crippen LogP contribution in [0.5, 0.6) is 5.75 Å². The number of sulfonamides is 1. The second-order valence-corrected chi connectivity index (χ2v) is 10.8. The smallest absolute Gasteiger partial charge is 0.252 e. The molecule has 0 bridgehead atoms. The van der Waals surface area contributed by atoms with Gasteiger partial charge in [-0.1, -0.05) is 30.7 Å². The number of hydrogen-bond acceptors (Lipinski definition) is 5. The Balaban J connectivity index is 1.42. The lowest BCUT2D eigenvalue weighted by Crippen LogP contribution is -2.35. The molecule has 1 aromatic heterocycles. The maximum atomic E-state index is 13.1.